The van der Waals surface area contributed by atoms with Crippen molar-refractivity contribution in [3.05, 3.63) is 29.8 Å². The van der Waals surface area contributed by atoms with E-state index in [4.69, 9.17) is 5.73 Å². The molecule has 0 fully saturated rings. The van der Waals surface area contributed by atoms with Gasteiger partial charge in [0, 0.05) is 38.7 Å². The second kappa shape index (κ2) is 6.89. The number of nitrogens with two attached hydrogens (primary N) is 1. The van der Waals surface area contributed by atoms with Gasteiger partial charge in [0.25, 0.3) is 0 Å². The van der Waals surface area contributed by atoms with Crippen LogP contribution in [0, 0.1) is 5.92 Å². The van der Waals surface area contributed by atoms with Gasteiger partial charge in [0.15, 0.2) is 0 Å². The number of para-hydroxylation sites is 1. The first kappa shape index (κ1) is 15.2. The van der Waals surface area contributed by atoms with Gasteiger partial charge >= 0.3 is 0 Å². The van der Waals surface area contributed by atoms with E-state index in [1.807, 2.05) is 24.3 Å². The first-order valence-corrected chi connectivity index (χ1v) is 6.26. The van der Waals surface area contributed by atoms with E-state index in [0.29, 0.717) is 13.1 Å². The molecule has 2 amide bonds. The van der Waals surface area contributed by atoms with Crippen LogP contribution in [0.4, 0.5) is 5.69 Å². The van der Waals surface area contributed by atoms with Crippen molar-refractivity contribution in [2.75, 3.05) is 18.9 Å². The number of benzene rings is 1. The number of nitrogens with one attached hydrogen (secondary N) is 1. The van der Waals surface area contributed by atoms with Gasteiger partial charge in [0.05, 0.1) is 0 Å². The molecule has 0 aliphatic carbocycles. The van der Waals surface area contributed by atoms with Crippen LogP contribution >= 0.6 is 0 Å². The fraction of sp³-hybridized carbons (Fsp3) is 0.429. The molecule has 1 aromatic carbocycles. The Morgan fingerprint density at radius 1 is 1.37 bits per heavy atom. The van der Waals surface area contributed by atoms with Crippen LogP contribution in [-0.4, -0.2) is 30.3 Å². The second-order valence-corrected chi connectivity index (χ2v) is 4.66. The van der Waals surface area contributed by atoms with Crippen LogP contribution in [0.3, 0.4) is 0 Å². The Kier molecular flexibility index (Phi) is 5.51. The molecule has 0 bridgehead atoms. The van der Waals surface area contributed by atoms with E-state index in [1.54, 1.807) is 18.9 Å². The molecule has 1 atom stereocenters. The molecule has 5 heteroatoms. The maximum absolute atomic E-state index is 11.8. The molecule has 0 heterocycles. The van der Waals surface area contributed by atoms with Crippen LogP contribution in [0.25, 0.3) is 0 Å². The molecule has 0 aliphatic rings. The Morgan fingerprint density at radius 2 is 2.00 bits per heavy atom. The number of hydrogen-bond donors (Lipinski definition) is 2. The van der Waals surface area contributed by atoms with Crippen molar-refractivity contribution in [1.82, 2.24) is 4.90 Å². The van der Waals surface area contributed by atoms with Gasteiger partial charge in [0.2, 0.25) is 11.8 Å². The lowest BCUT2D eigenvalue weighted by atomic mass is 10.1. The average Bonchev–Trinajstić information content (AvgIpc) is 2.39. The summed E-state index contributed by atoms with van der Waals surface area (Å²) in [5.41, 5.74) is 7.10. The summed E-state index contributed by atoms with van der Waals surface area (Å²) in [4.78, 5) is 24.7. The molecule has 0 saturated carbocycles. The molecule has 0 aromatic heterocycles. The van der Waals surface area contributed by atoms with E-state index in [0.717, 1.165) is 11.3 Å². The van der Waals surface area contributed by atoms with Gasteiger partial charge in [-0.2, -0.15) is 0 Å². The lowest BCUT2D eigenvalue weighted by Gasteiger charge is -2.18. The monoisotopic (exact) mass is 263 g/mol. The standard InChI is InChI=1S/C14H21N3O2/c1-10(8-15)14(19)16-13-7-5-4-6-12(13)9-17(3)11(2)18/h4-7,10H,8-9,15H2,1-3H3,(H,16,19). The van der Waals surface area contributed by atoms with Gasteiger partial charge < -0.3 is 16.0 Å². The maximum Gasteiger partial charge on any atom is 0.228 e. The molecule has 1 aromatic rings. The first-order valence-electron chi connectivity index (χ1n) is 6.26. The van der Waals surface area contributed by atoms with E-state index < -0.39 is 0 Å². The second-order valence-electron chi connectivity index (χ2n) is 4.66. The third kappa shape index (κ3) is 4.37. The van der Waals surface area contributed by atoms with Crippen LogP contribution in [-0.2, 0) is 16.1 Å². The molecular weight excluding hydrogens is 242 g/mol. The average molecular weight is 263 g/mol. The molecule has 104 valence electrons. The highest BCUT2D eigenvalue weighted by Gasteiger charge is 2.13. The van der Waals surface area contributed by atoms with Gasteiger partial charge in [0.1, 0.15) is 0 Å². The van der Waals surface area contributed by atoms with Crippen LogP contribution in [0.1, 0.15) is 19.4 Å². The predicted octanol–water partition coefficient (Wildman–Crippen LogP) is 1.20. The summed E-state index contributed by atoms with van der Waals surface area (Å²) in [6, 6.07) is 7.44. The summed E-state index contributed by atoms with van der Waals surface area (Å²) in [5, 5.41) is 2.85. The molecule has 1 rings (SSSR count). The molecule has 0 radical (unpaired) electrons. The molecular formula is C14H21N3O2. The summed E-state index contributed by atoms with van der Waals surface area (Å²) in [5.74, 6) is -0.365. The first-order chi connectivity index (χ1) is 8.95. The van der Waals surface area contributed by atoms with Crippen LogP contribution < -0.4 is 11.1 Å². The normalized spacial score (nSPS) is 11.8. The minimum atomic E-state index is -0.237. The van der Waals surface area contributed by atoms with E-state index >= 15 is 0 Å². The zero-order valence-corrected chi connectivity index (χ0v) is 11.6. The SMILES string of the molecule is CC(=O)N(C)Cc1ccccc1NC(=O)C(C)CN. The number of rotatable bonds is 5. The minimum absolute atomic E-state index is 0.0172. The predicted molar refractivity (Wildman–Crippen MR) is 75.4 cm³/mol. The lowest BCUT2D eigenvalue weighted by Crippen LogP contribution is -2.28. The zero-order valence-electron chi connectivity index (χ0n) is 11.6. The van der Waals surface area contributed by atoms with Gasteiger partial charge in [-0.25, -0.2) is 0 Å². The fourth-order valence-corrected chi connectivity index (χ4v) is 1.51. The highest BCUT2D eigenvalue weighted by molar-refractivity contribution is 5.93. The number of hydrogen-bond acceptors (Lipinski definition) is 3. The Labute approximate surface area is 113 Å². The van der Waals surface area contributed by atoms with Crippen LogP contribution in [0.2, 0.25) is 0 Å². The van der Waals surface area contributed by atoms with Gasteiger partial charge in [-0.05, 0) is 11.6 Å². The Bertz CT molecular complexity index is 460. The number of nitrogens with zero attached hydrogens (tertiary/aromatic N) is 1. The summed E-state index contributed by atoms with van der Waals surface area (Å²) < 4.78 is 0. The van der Waals surface area contributed by atoms with Crippen LogP contribution in [0.5, 0.6) is 0 Å². The van der Waals surface area contributed by atoms with Crippen LogP contribution in [0.15, 0.2) is 24.3 Å². The molecule has 5 nitrogen and oxygen atoms in total. The number of carbonyl (C=O) groups is 2. The van der Waals surface area contributed by atoms with Gasteiger partial charge in [-0.15, -0.1) is 0 Å². The van der Waals surface area contributed by atoms with Gasteiger partial charge in [-0.1, -0.05) is 25.1 Å². The third-order valence-electron chi connectivity index (χ3n) is 3.02. The number of carbonyl (C=O) groups excluding carboxylic acids is 2. The molecule has 3 N–H and O–H groups in total. The van der Waals surface area contributed by atoms with E-state index in [1.165, 1.54) is 6.92 Å². The summed E-state index contributed by atoms with van der Waals surface area (Å²) >= 11 is 0. The largest absolute Gasteiger partial charge is 0.342 e. The molecule has 1 unspecified atom stereocenters. The number of amides is 2. The maximum atomic E-state index is 11.8. The smallest absolute Gasteiger partial charge is 0.228 e. The quantitative estimate of drug-likeness (QED) is 0.838. The van der Waals surface area contributed by atoms with E-state index in [-0.39, 0.29) is 17.7 Å². The summed E-state index contributed by atoms with van der Waals surface area (Å²) in [7, 11) is 1.73. The van der Waals surface area contributed by atoms with E-state index in [2.05, 4.69) is 5.32 Å². The van der Waals surface area contributed by atoms with Crippen molar-refractivity contribution >= 4 is 17.5 Å². The van der Waals surface area contributed by atoms with E-state index in [9.17, 15) is 9.59 Å². The molecule has 0 spiro atoms. The molecule has 19 heavy (non-hydrogen) atoms. The fourth-order valence-electron chi connectivity index (χ4n) is 1.51. The lowest BCUT2D eigenvalue weighted by molar-refractivity contribution is -0.128. The van der Waals surface area contributed by atoms with Gasteiger partial charge in [-0.3, -0.25) is 9.59 Å². The Morgan fingerprint density at radius 3 is 2.58 bits per heavy atom. The third-order valence-corrected chi connectivity index (χ3v) is 3.02. The molecule has 0 saturated heterocycles. The minimum Gasteiger partial charge on any atom is -0.342 e. The Hall–Kier alpha value is -1.88. The summed E-state index contributed by atoms with van der Waals surface area (Å²) in [6.45, 7) is 4.06. The van der Waals surface area contributed by atoms with Crippen molar-refractivity contribution < 1.29 is 9.59 Å². The van der Waals surface area contributed by atoms with Crippen molar-refractivity contribution in [2.45, 2.75) is 20.4 Å². The zero-order chi connectivity index (χ0) is 14.4. The number of anilines is 1. The molecule has 0 aliphatic heterocycles. The van der Waals surface area contributed by atoms with Crippen molar-refractivity contribution in [3.8, 4) is 0 Å². The highest BCUT2D eigenvalue weighted by Crippen LogP contribution is 2.17. The highest BCUT2D eigenvalue weighted by atomic mass is 16.2. The Balaban J connectivity index is 2.84. The van der Waals surface area contributed by atoms with Crippen molar-refractivity contribution in [3.63, 3.8) is 0 Å². The topological polar surface area (TPSA) is 75.4 Å². The van der Waals surface area contributed by atoms with Crippen molar-refractivity contribution in [2.24, 2.45) is 11.7 Å². The van der Waals surface area contributed by atoms with Crippen molar-refractivity contribution in [1.29, 1.82) is 0 Å². The summed E-state index contributed by atoms with van der Waals surface area (Å²) in [6.07, 6.45) is 0.